The van der Waals surface area contributed by atoms with Crippen LogP contribution in [0.1, 0.15) is 62.0 Å². The molecule has 2 aliphatic rings. The number of carbonyl (C=O) groups excluding carboxylic acids is 3. The first-order chi connectivity index (χ1) is 19.3. The van der Waals surface area contributed by atoms with Crippen molar-refractivity contribution in [1.82, 2.24) is 10.3 Å². The zero-order valence-electron chi connectivity index (χ0n) is 23.5. The molecule has 1 aliphatic heterocycles. The zero-order valence-corrected chi connectivity index (χ0v) is 23.5. The lowest BCUT2D eigenvalue weighted by atomic mass is 9.86. The molecule has 1 N–H and O–H groups in total. The Morgan fingerprint density at radius 2 is 1.80 bits per heavy atom. The van der Waals surface area contributed by atoms with Crippen molar-refractivity contribution in [2.45, 2.75) is 70.6 Å². The number of nitrogens with one attached hydrogen (secondary N) is 1. The van der Waals surface area contributed by atoms with E-state index in [0.717, 1.165) is 37.0 Å². The maximum absolute atomic E-state index is 13.3. The molecule has 1 aromatic heterocycles. The summed E-state index contributed by atoms with van der Waals surface area (Å²) in [4.78, 5) is 42.3. The molecule has 1 saturated carbocycles. The highest BCUT2D eigenvalue weighted by Crippen LogP contribution is 2.33. The van der Waals surface area contributed by atoms with Crippen molar-refractivity contribution in [2.24, 2.45) is 11.8 Å². The molecule has 4 unspecified atom stereocenters. The summed E-state index contributed by atoms with van der Waals surface area (Å²) in [6.07, 6.45) is 5.48. The van der Waals surface area contributed by atoms with E-state index in [0.29, 0.717) is 25.4 Å². The van der Waals surface area contributed by atoms with Gasteiger partial charge in [-0.3, -0.25) is 9.59 Å². The van der Waals surface area contributed by atoms with E-state index in [1.165, 1.54) is 26.3 Å². The fourth-order valence-corrected chi connectivity index (χ4v) is 5.02. The van der Waals surface area contributed by atoms with Gasteiger partial charge in [0, 0.05) is 25.8 Å². The Kier molecular flexibility index (Phi) is 9.98. The van der Waals surface area contributed by atoms with Crippen LogP contribution in [0.4, 0.5) is 0 Å². The fourth-order valence-electron chi connectivity index (χ4n) is 5.02. The first-order valence-electron chi connectivity index (χ1n) is 13.8. The summed E-state index contributed by atoms with van der Waals surface area (Å²) in [7, 11) is 3.03. The Labute approximate surface area is 234 Å². The molecule has 2 fully saturated rings. The highest BCUT2D eigenvalue weighted by Gasteiger charge is 2.37. The molecule has 0 spiro atoms. The third-order valence-corrected chi connectivity index (χ3v) is 7.31. The van der Waals surface area contributed by atoms with E-state index >= 15 is 0 Å². The number of amides is 1. The first-order valence-corrected chi connectivity index (χ1v) is 13.8. The SMILES string of the molecule is COc1ccc(CC2CCCC(NC(=O)c3nccc(OC)c3OC(C)=O)C(=O)OC(C)C2OCC2CC2)cc1. The molecule has 1 aliphatic carbocycles. The maximum atomic E-state index is 13.3. The fraction of sp³-hybridized carbons (Fsp3) is 0.533. The van der Waals surface area contributed by atoms with Gasteiger partial charge in [0.25, 0.3) is 5.91 Å². The second kappa shape index (κ2) is 13.6. The van der Waals surface area contributed by atoms with E-state index in [1.807, 2.05) is 31.2 Å². The molecule has 0 bridgehead atoms. The third-order valence-electron chi connectivity index (χ3n) is 7.31. The van der Waals surface area contributed by atoms with Crippen molar-refractivity contribution in [3.63, 3.8) is 0 Å². The minimum absolute atomic E-state index is 0.104. The van der Waals surface area contributed by atoms with Gasteiger partial charge in [0.05, 0.1) is 20.3 Å². The normalized spacial score (nSPS) is 23.1. The van der Waals surface area contributed by atoms with Gasteiger partial charge < -0.3 is 29.0 Å². The van der Waals surface area contributed by atoms with E-state index in [-0.39, 0.29) is 29.2 Å². The summed E-state index contributed by atoms with van der Waals surface area (Å²) in [5, 5.41) is 2.74. The Morgan fingerprint density at radius 1 is 1.05 bits per heavy atom. The number of hydrogen-bond acceptors (Lipinski definition) is 9. The van der Waals surface area contributed by atoms with Gasteiger partial charge in [-0.05, 0) is 68.6 Å². The maximum Gasteiger partial charge on any atom is 0.329 e. The number of carbonyl (C=O) groups is 3. The number of aromatic nitrogens is 1. The zero-order chi connectivity index (χ0) is 28.6. The number of cyclic esters (lactones) is 1. The Bertz CT molecular complexity index is 1180. The van der Waals surface area contributed by atoms with Crippen molar-refractivity contribution < 1.29 is 38.1 Å². The number of hydrogen-bond donors (Lipinski definition) is 1. The highest BCUT2D eigenvalue weighted by molar-refractivity contribution is 5.98. The molecule has 0 radical (unpaired) electrons. The van der Waals surface area contributed by atoms with Crippen LogP contribution in [0.2, 0.25) is 0 Å². The topological polar surface area (TPSA) is 122 Å². The lowest BCUT2D eigenvalue weighted by Gasteiger charge is -2.31. The lowest BCUT2D eigenvalue weighted by molar-refractivity contribution is -0.161. The predicted octanol–water partition coefficient (Wildman–Crippen LogP) is 3.89. The second-order valence-corrected chi connectivity index (χ2v) is 10.4. The average Bonchev–Trinajstić information content (AvgIpc) is 3.76. The largest absolute Gasteiger partial charge is 0.497 e. The molecule has 2 heterocycles. The summed E-state index contributed by atoms with van der Waals surface area (Å²) in [6.45, 7) is 3.71. The van der Waals surface area contributed by atoms with Gasteiger partial charge in [0.2, 0.25) is 5.75 Å². The minimum Gasteiger partial charge on any atom is -0.497 e. The number of esters is 2. The van der Waals surface area contributed by atoms with E-state index in [2.05, 4.69) is 10.3 Å². The summed E-state index contributed by atoms with van der Waals surface area (Å²) < 4.78 is 28.0. The molecule has 40 heavy (non-hydrogen) atoms. The van der Waals surface area contributed by atoms with Crippen LogP contribution in [0.3, 0.4) is 0 Å². The van der Waals surface area contributed by atoms with Crippen LogP contribution in [-0.2, 0) is 25.5 Å². The smallest absolute Gasteiger partial charge is 0.329 e. The minimum atomic E-state index is -0.906. The van der Waals surface area contributed by atoms with Crippen molar-refractivity contribution in [3.05, 3.63) is 47.8 Å². The van der Waals surface area contributed by atoms with Crippen LogP contribution in [-0.4, -0.2) is 61.9 Å². The molecular weight excluding hydrogens is 516 g/mol. The van der Waals surface area contributed by atoms with Crippen molar-refractivity contribution in [1.29, 1.82) is 0 Å². The number of rotatable bonds is 10. The monoisotopic (exact) mass is 554 g/mol. The number of benzene rings is 1. The van der Waals surface area contributed by atoms with E-state index in [4.69, 9.17) is 23.7 Å². The van der Waals surface area contributed by atoms with Gasteiger partial charge >= 0.3 is 11.9 Å². The predicted molar refractivity (Wildman–Crippen MR) is 145 cm³/mol. The first kappa shape index (κ1) is 29.3. The Balaban J connectivity index is 1.51. The Hall–Kier alpha value is -3.66. The van der Waals surface area contributed by atoms with E-state index < -0.39 is 30.0 Å². The van der Waals surface area contributed by atoms with Crippen LogP contribution in [0.5, 0.6) is 17.2 Å². The van der Waals surface area contributed by atoms with Crippen LogP contribution >= 0.6 is 0 Å². The number of ether oxygens (including phenoxy) is 5. The van der Waals surface area contributed by atoms with Crippen molar-refractivity contribution >= 4 is 17.8 Å². The summed E-state index contributed by atoms with van der Waals surface area (Å²) in [5.41, 5.74) is 0.994. The van der Waals surface area contributed by atoms with Crippen molar-refractivity contribution in [3.8, 4) is 17.2 Å². The highest BCUT2D eigenvalue weighted by atomic mass is 16.6. The molecule has 1 aromatic carbocycles. The molecule has 216 valence electrons. The molecule has 1 saturated heterocycles. The van der Waals surface area contributed by atoms with Crippen molar-refractivity contribution in [2.75, 3.05) is 20.8 Å². The molecule has 10 nitrogen and oxygen atoms in total. The number of pyridine rings is 1. The van der Waals surface area contributed by atoms with Gasteiger partial charge in [0.1, 0.15) is 17.9 Å². The van der Waals surface area contributed by atoms with Crippen LogP contribution in [0, 0.1) is 11.8 Å². The van der Waals surface area contributed by atoms with E-state index in [1.54, 1.807) is 7.11 Å². The molecule has 4 atom stereocenters. The second-order valence-electron chi connectivity index (χ2n) is 10.4. The summed E-state index contributed by atoms with van der Waals surface area (Å²) in [5.74, 6) is -0.292. The Morgan fingerprint density at radius 3 is 2.45 bits per heavy atom. The molecule has 4 rings (SSSR count). The summed E-state index contributed by atoms with van der Waals surface area (Å²) in [6, 6.07) is 8.55. The number of methoxy groups -OCH3 is 2. The average molecular weight is 555 g/mol. The molecule has 1 amide bonds. The molecular formula is C30H38N2O8. The molecule has 2 aromatic rings. The van der Waals surface area contributed by atoms with Crippen LogP contribution in [0.15, 0.2) is 36.5 Å². The molecule has 10 heteroatoms. The lowest BCUT2D eigenvalue weighted by Crippen LogP contribution is -2.45. The van der Waals surface area contributed by atoms with E-state index in [9.17, 15) is 14.4 Å². The van der Waals surface area contributed by atoms with Gasteiger partial charge in [-0.25, -0.2) is 9.78 Å². The quantitative estimate of drug-likeness (QED) is 0.436. The standard InChI is InChI=1S/C30H38N2O8/c1-18-27(38-17-21-8-9-21)22(16-20-10-12-23(36-3)13-11-20)6-5-7-24(30(35)39-18)32-29(34)26-28(40-19(2)33)25(37-4)14-15-31-26/h10-15,18,21-22,24,27H,5-9,16-17H2,1-4H3,(H,32,34). The van der Waals surface area contributed by atoms with Gasteiger partial charge in [-0.2, -0.15) is 0 Å². The van der Waals surface area contributed by atoms with Gasteiger partial charge in [-0.1, -0.05) is 18.6 Å². The van der Waals surface area contributed by atoms with Gasteiger partial charge in [-0.15, -0.1) is 0 Å². The van der Waals surface area contributed by atoms with Crippen LogP contribution < -0.4 is 19.5 Å². The van der Waals surface area contributed by atoms with Crippen LogP contribution in [0.25, 0.3) is 0 Å². The van der Waals surface area contributed by atoms with Gasteiger partial charge in [0.15, 0.2) is 11.4 Å². The third kappa shape index (κ3) is 7.71. The number of nitrogens with zero attached hydrogens (tertiary/aromatic N) is 1. The summed E-state index contributed by atoms with van der Waals surface area (Å²) >= 11 is 0.